The molecule has 1 aliphatic heterocycles. The smallest absolute Gasteiger partial charge is 0.300 e. The Labute approximate surface area is 183 Å². The largest absolute Gasteiger partial charge is 0.507 e. The van der Waals surface area contributed by atoms with Crippen LogP contribution in [0.25, 0.3) is 5.76 Å². The average Bonchev–Trinajstić information content (AvgIpc) is 3.06. The van der Waals surface area contributed by atoms with Crippen molar-refractivity contribution in [3.8, 4) is 0 Å². The van der Waals surface area contributed by atoms with Gasteiger partial charge in [-0.15, -0.1) is 0 Å². The SMILES string of the molecule is Cc1ccc(N2C(=O)C(=O)/C(=C(\O)c3cccc([N+](=O)[O-])c3)C2c2ccncc2)cc1C. The average molecular weight is 429 g/mol. The lowest BCUT2D eigenvalue weighted by molar-refractivity contribution is -0.384. The number of Topliss-reactive ketones (excluding diaryl/α,β-unsaturated/α-hetero) is 1. The molecule has 8 nitrogen and oxygen atoms in total. The van der Waals surface area contributed by atoms with Crippen LogP contribution in [-0.2, 0) is 9.59 Å². The van der Waals surface area contributed by atoms with Crippen LogP contribution in [0.1, 0.15) is 28.3 Å². The second-order valence-corrected chi connectivity index (χ2v) is 7.53. The van der Waals surface area contributed by atoms with E-state index >= 15 is 0 Å². The highest BCUT2D eigenvalue weighted by Crippen LogP contribution is 2.42. The number of ketones is 1. The maximum Gasteiger partial charge on any atom is 0.300 e. The number of carbonyl (C=O) groups is 2. The zero-order valence-corrected chi connectivity index (χ0v) is 17.4. The third-order valence-electron chi connectivity index (χ3n) is 5.57. The molecule has 160 valence electrons. The molecular formula is C24H19N3O5. The van der Waals surface area contributed by atoms with Gasteiger partial charge < -0.3 is 5.11 Å². The quantitative estimate of drug-likeness (QED) is 0.218. The molecule has 1 unspecified atom stereocenters. The van der Waals surface area contributed by atoms with Crippen LogP contribution in [0.5, 0.6) is 0 Å². The minimum atomic E-state index is -0.917. The van der Waals surface area contributed by atoms with Gasteiger partial charge in [0.25, 0.3) is 17.4 Å². The van der Waals surface area contributed by atoms with Gasteiger partial charge in [-0.05, 0) is 54.8 Å². The van der Waals surface area contributed by atoms with Crippen molar-refractivity contribution in [2.45, 2.75) is 19.9 Å². The maximum absolute atomic E-state index is 13.1. The molecule has 2 aromatic carbocycles. The third kappa shape index (κ3) is 3.51. The normalized spacial score (nSPS) is 17.6. The minimum Gasteiger partial charge on any atom is -0.507 e. The molecule has 0 bridgehead atoms. The predicted octanol–water partition coefficient (Wildman–Crippen LogP) is 4.23. The standard InChI is InChI=1S/C24H19N3O5/c1-14-6-7-18(12-15(14)2)26-21(16-8-10-25-11-9-16)20(23(29)24(26)30)22(28)17-4-3-5-19(13-17)27(31)32/h3-13,21,28H,1-2H3/b22-20-. The highest BCUT2D eigenvalue weighted by Gasteiger charge is 2.47. The molecule has 4 rings (SSSR count). The molecule has 32 heavy (non-hydrogen) atoms. The van der Waals surface area contributed by atoms with Gasteiger partial charge in [0.2, 0.25) is 0 Å². The Morgan fingerprint density at radius 2 is 1.75 bits per heavy atom. The molecule has 0 aliphatic carbocycles. The number of hydrogen-bond acceptors (Lipinski definition) is 6. The Hall–Kier alpha value is -4.33. The molecule has 1 N–H and O–H groups in total. The number of aliphatic hydroxyl groups is 1. The Morgan fingerprint density at radius 3 is 2.41 bits per heavy atom. The van der Waals surface area contributed by atoms with E-state index in [2.05, 4.69) is 4.98 Å². The molecular weight excluding hydrogens is 410 g/mol. The Bertz CT molecular complexity index is 1280. The van der Waals surface area contributed by atoms with Gasteiger partial charge in [-0.1, -0.05) is 18.2 Å². The zero-order valence-electron chi connectivity index (χ0n) is 17.4. The molecule has 1 fully saturated rings. The van der Waals surface area contributed by atoms with Gasteiger partial charge >= 0.3 is 0 Å². The van der Waals surface area contributed by atoms with Crippen molar-refractivity contribution in [1.82, 2.24) is 4.98 Å². The summed E-state index contributed by atoms with van der Waals surface area (Å²) in [4.78, 5) is 42.1. The van der Waals surface area contributed by atoms with Gasteiger partial charge in [0, 0.05) is 35.8 Å². The third-order valence-corrected chi connectivity index (χ3v) is 5.57. The van der Waals surface area contributed by atoms with Crippen LogP contribution < -0.4 is 4.90 Å². The van der Waals surface area contributed by atoms with Gasteiger partial charge in [-0.3, -0.25) is 29.6 Å². The fourth-order valence-corrected chi connectivity index (χ4v) is 3.76. The highest BCUT2D eigenvalue weighted by molar-refractivity contribution is 6.51. The molecule has 1 atom stereocenters. The molecule has 1 saturated heterocycles. The summed E-state index contributed by atoms with van der Waals surface area (Å²) in [6.07, 6.45) is 3.06. The number of nitrogens with zero attached hydrogens (tertiary/aromatic N) is 3. The lowest BCUT2D eigenvalue weighted by Crippen LogP contribution is -2.29. The van der Waals surface area contributed by atoms with Crippen molar-refractivity contribution in [1.29, 1.82) is 0 Å². The van der Waals surface area contributed by atoms with Gasteiger partial charge in [-0.25, -0.2) is 0 Å². The summed E-state index contributed by atoms with van der Waals surface area (Å²) in [5, 5.41) is 22.2. The molecule has 1 aliphatic rings. The van der Waals surface area contributed by atoms with E-state index in [1.807, 2.05) is 26.0 Å². The molecule has 3 aromatic rings. The van der Waals surface area contributed by atoms with E-state index < -0.39 is 28.4 Å². The van der Waals surface area contributed by atoms with E-state index in [0.717, 1.165) is 11.1 Å². The number of anilines is 1. The Balaban J connectivity index is 1.95. The lowest BCUT2D eigenvalue weighted by Gasteiger charge is -2.26. The molecule has 1 aromatic heterocycles. The fraction of sp³-hybridized carbons (Fsp3) is 0.125. The lowest BCUT2D eigenvalue weighted by atomic mass is 9.95. The number of aliphatic hydroxyl groups excluding tert-OH is 1. The first-order valence-electron chi connectivity index (χ1n) is 9.82. The van der Waals surface area contributed by atoms with Crippen LogP contribution in [0.3, 0.4) is 0 Å². The molecule has 0 radical (unpaired) electrons. The van der Waals surface area contributed by atoms with Gasteiger partial charge in [0.1, 0.15) is 5.76 Å². The number of nitro benzene ring substituents is 1. The van der Waals surface area contributed by atoms with Crippen molar-refractivity contribution >= 4 is 28.8 Å². The molecule has 8 heteroatoms. The number of aryl methyl sites for hydroxylation is 2. The fourth-order valence-electron chi connectivity index (χ4n) is 3.76. The number of pyridine rings is 1. The van der Waals surface area contributed by atoms with Crippen molar-refractivity contribution < 1.29 is 19.6 Å². The van der Waals surface area contributed by atoms with Crippen LogP contribution in [0, 0.1) is 24.0 Å². The number of carbonyl (C=O) groups excluding carboxylic acids is 2. The summed E-state index contributed by atoms with van der Waals surface area (Å²) in [6, 6.07) is 13.1. The van der Waals surface area contributed by atoms with E-state index in [4.69, 9.17) is 0 Å². The molecule has 1 amide bonds. The Kier molecular flexibility index (Phi) is 5.28. The summed E-state index contributed by atoms with van der Waals surface area (Å²) in [7, 11) is 0. The van der Waals surface area contributed by atoms with Gasteiger partial charge in [0.15, 0.2) is 0 Å². The first kappa shape index (κ1) is 20.9. The van der Waals surface area contributed by atoms with E-state index in [9.17, 15) is 24.8 Å². The van der Waals surface area contributed by atoms with Crippen molar-refractivity contribution in [3.63, 3.8) is 0 Å². The minimum absolute atomic E-state index is 0.0799. The van der Waals surface area contributed by atoms with Crippen molar-refractivity contribution in [2.24, 2.45) is 0 Å². The highest BCUT2D eigenvalue weighted by atomic mass is 16.6. The zero-order chi connectivity index (χ0) is 23.0. The van der Waals surface area contributed by atoms with Crippen molar-refractivity contribution in [2.75, 3.05) is 4.90 Å². The van der Waals surface area contributed by atoms with Crippen molar-refractivity contribution in [3.05, 3.63) is 105 Å². The summed E-state index contributed by atoms with van der Waals surface area (Å²) in [5.41, 5.74) is 2.76. The van der Waals surface area contributed by atoms with Crippen LogP contribution in [0.15, 0.2) is 72.6 Å². The van der Waals surface area contributed by atoms with E-state index in [-0.39, 0.29) is 16.8 Å². The summed E-state index contributed by atoms with van der Waals surface area (Å²) < 4.78 is 0. The van der Waals surface area contributed by atoms with Crippen LogP contribution >= 0.6 is 0 Å². The Morgan fingerprint density at radius 1 is 1.03 bits per heavy atom. The number of aromatic nitrogens is 1. The van der Waals surface area contributed by atoms with Gasteiger partial charge in [0.05, 0.1) is 16.5 Å². The molecule has 0 saturated carbocycles. The van der Waals surface area contributed by atoms with Crippen LogP contribution in [0.2, 0.25) is 0 Å². The van der Waals surface area contributed by atoms with E-state index in [1.165, 1.54) is 41.6 Å². The molecule has 0 spiro atoms. The monoisotopic (exact) mass is 429 g/mol. The van der Waals surface area contributed by atoms with E-state index in [1.54, 1.807) is 18.2 Å². The summed E-state index contributed by atoms with van der Waals surface area (Å²) in [6.45, 7) is 3.84. The summed E-state index contributed by atoms with van der Waals surface area (Å²) in [5.74, 6) is -2.13. The topological polar surface area (TPSA) is 114 Å². The number of amides is 1. The predicted molar refractivity (Wildman–Crippen MR) is 118 cm³/mol. The number of hydrogen-bond donors (Lipinski definition) is 1. The summed E-state index contributed by atoms with van der Waals surface area (Å²) >= 11 is 0. The first-order chi connectivity index (χ1) is 15.3. The van der Waals surface area contributed by atoms with Gasteiger partial charge in [-0.2, -0.15) is 0 Å². The molecule has 2 heterocycles. The number of benzene rings is 2. The second-order valence-electron chi connectivity index (χ2n) is 7.53. The number of rotatable bonds is 4. The first-order valence-corrected chi connectivity index (χ1v) is 9.82. The number of non-ortho nitro benzene ring substituents is 1. The van der Waals surface area contributed by atoms with Crippen LogP contribution in [-0.4, -0.2) is 26.7 Å². The number of nitro groups is 1. The van der Waals surface area contributed by atoms with E-state index in [0.29, 0.717) is 11.3 Å². The van der Waals surface area contributed by atoms with Crippen LogP contribution in [0.4, 0.5) is 11.4 Å². The second kappa shape index (κ2) is 8.07. The maximum atomic E-state index is 13.1.